The minimum absolute atomic E-state index is 0.0482. The fraction of sp³-hybridized carbons (Fsp3) is 0.120. The quantitative estimate of drug-likeness (QED) is 0.323. The number of H-pyrrole nitrogens is 1. The summed E-state index contributed by atoms with van der Waals surface area (Å²) >= 11 is 0. The van der Waals surface area contributed by atoms with Crippen molar-refractivity contribution in [3.05, 3.63) is 89.1 Å². The molecule has 0 radical (unpaired) electrons. The van der Waals surface area contributed by atoms with Crippen molar-refractivity contribution in [1.29, 1.82) is 0 Å². The van der Waals surface area contributed by atoms with Gasteiger partial charge in [-0.05, 0) is 38.1 Å². The fourth-order valence-corrected chi connectivity index (χ4v) is 5.23. The Hall–Kier alpha value is -3.91. The zero-order chi connectivity index (χ0) is 23.8. The van der Waals surface area contributed by atoms with Crippen LogP contribution < -0.4 is 0 Å². The molecule has 0 unspecified atom stereocenters. The first-order valence-electron chi connectivity index (χ1n) is 10.2. The molecule has 1 heterocycles. The molecule has 0 bridgehead atoms. The number of benzene rings is 3. The molecule has 0 saturated heterocycles. The maximum absolute atomic E-state index is 13.6. The summed E-state index contributed by atoms with van der Waals surface area (Å²) in [5.41, 5.74) is 0.984. The van der Waals surface area contributed by atoms with E-state index in [2.05, 4.69) is 4.98 Å². The van der Waals surface area contributed by atoms with Gasteiger partial charge in [-0.15, -0.1) is 0 Å². The molecule has 3 aromatic carbocycles. The van der Waals surface area contributed by atoms with Crippen LogP contribution in [0.15, 0.2) is 76.5 Å². The molecule has 4 rings (SSSR count). The first-order valence-corrected chi connectivity index (χ1v) is 11.7. The van der Waals surface area contributed by atoms with E-state index in [0.717, 1.165) is 5.56 Å². The number of fused-ring (bicyclic) bond motifs is 1. The zero-order valence-corrected chi connectivity index (χ0v) is 18.8. The molecule has 8 heteroatoms. The number of carbonyl (C=O) groups is 2. The molecule has 0 saturated carbocycles. The lowest BCUT2D eigenvalue weighted by Gasteiger charge is -2.11. The molecule has 0 aliphatic carbocycles. The molecular weight excluding hydrogens is 442 g/mol. The summed E-state index contributed by atoms with van der Waals surface area (Å²) in [5.74, 6) is -1.90. The summed E-state index contributed by atoms with van der Waals surface area (Å²) in [6.07, 6.45) is 0. The van der Waals surface area contributed by atoms with Gasteiger partial charge >= 0.3 is 5.97 Å². The van der Waals surface area contributed by atoms with E-state index >= 15 is 0 Å². The Morgan fingerprint density at radius 1 is 0.970 bits per heavy atom. The molecule has 0 amide bonds. The van der Waals surface area contributed by atoms with Crippen LogP contribution in [0.4, 0.5) is 0 Å². The van der Waals surface area contributed by atoms with Crippen LogP contribution in [0.1, 0.15) is 38.9 Å². The molecule has 7 nitrogen and oxygen atoms in total. The lowest BCUT2D eigenvalue weighted by molar-refractivity contribution is 0.0517. The van der Waals surface area contributed by atoms with Crippen LogP contribution in [0.5, 0.6) is 5.75 Å². The molecule has 0 atom stereocenters. The number of aromatic hydroxyl groups is 1. The van der Waals surface area contributed by atoms with E-state index in [-0.39, 0.29) is 39.2 Å². The van der Waals surface area contributed by atoms with Crippen molar-refractivity contribution in [3.8, 4) is 5.75 Å². The highest BCUT2D eigenvalue weighted by Crippen LogP contribution is 2.39. The summed E-state index contributed by atoms with van der Waals surface area (Å²) < 4.78 is 32.3. The molecule has 0 aliphatic rings. The number of rotatable bonds is 6. The summed E-state index contributed by atoms with van der Waals surface area (Å²) in [4.78, 5) is 28.6. The van der Waals surface area contributed by atoms with Gasteiger partial charge in [0.05, 0.1) is 17.1 Å². The monoisotopic (exact) mass is 463 g/mol. The lowest BCUT2D eigenvalue weighted by Crippen LogP contribution is -2.13. The average Bonchev–Trinajstić information content (AvgIpc) is 3.19. The van der Waals surface area contributed by atoms with E-state index in [9.17, 15) is 23.1 Å². The number of aromatic nitrogens is 1. The van der Waals surface area contributed by atoms with Gasteiger partial charge in [0.2, 0.25) is 9.84 Å². The normalized spacial score (nSPS) is 11.5. The van der Waals surface area contributed by atoms with E-state index in [1.165, 1.54) is 24.3 Å². The predicted octanol–water partition coefficient (Wildman–Crippen LogP) is 4.42. The highest BCUT2D eigenvalue weighted by molar-refractivity contribution is 7.91. The second-order valence-electron chi connectivity index (χ2n) is 7.44. The van der Waals surface area contributed by atoms with Crippen molar-refractivity contribution in [2.45, 2.75) is 23.6 Å². The van der Waals surface area contributed by atoms with Gasteiger partial charge in [-0.2, -0.15) is 0 Å². The fourth-order valence-electron chi connectivity index (χ4n) is 3.67. The second-order valence-corrected chi connectivity index (χ2v) is 9.33. The van der Waals surface area contributed by atoms with Crippen LogP contribution in [0.2, 0.25) is 0 Å². The van der Waals surface area contributed by atoms with Crippen LogP contribution >= 0.6 is 0 Å². The average molecular weight is 464 g/mol. The van der Waals surface area contributed by atoms with E-state index < -0.39 is 32.2 Å². The Morgan fingerprint density at radius 3 is 2.27 bits per heavy atom. The predicted molar refractivity (Wildman–Crippen MR) is 122 cm³/mol. The molecule has 0 fully saturated rings. The SMILES string of the molecule is CCOC(=O)c1[nH]c2ccc(O)c(S(=O)(=O)c3ccc(C)cc3)c2c1C(=O)c1ccccc1. The summed E-state index contributed by atoms with van der Waals surface area (Å²) in [5, 5.41) is 10.6. The third kappa shape index (κ3) is 3.89. The van der Waals surface area contributed by atoms with E-state index in [1.807, 2.05) is 6.92 Å². The van der Waals surface area contributed by atoms with Gasteiger partial charge in [-0.3, -0.25) is 4.79 Å². The Morgan fingerprint density at radius 2 is 1.64 bits per heavy atom. The van der Waals surface area contributed by atoms with Gasteiger partial charge in [0.25, 0.3) is 0 Å². The number of ketones is 1. The van der Waals surface area contributed by atoms with E-state index in [0.29, 0.717) is 0 Å². The van der Waals surface area contributed by atoms with Gasteiger partial charge in [0.1, 0.15) is 16.3 Å². The maximum Gasteiger partial charge on any atom is 0.355 e. The van der Waals surface area contributed by atoms with Crippen molar-refractivity contribution < 1.29 is 27.9 Å². The number of esters is 1. The van der Waals surface area contributed by atoms with Crippen molar-refractivity contribution >= 4 is 32.5 Å². The topological polar surface area (TPSA) is 114 Å². The summed E-state index contributed by atoms with van der Waals surface area (Å²) in [6, 6.07) is 17.0. The molecule has 168 valence electrons. The standard InChI is InChI=1S/C25H21NO6S/c1-3-32-25(29)22-21(23(28)16-7-5-4-6-8-16)20-18(26-22)13-14-19(27)24(20)33(30,31)17-11-9-15(2)10-12-17/h4-14,26-27H,3H2,1-2H3. The number of carbonyl (C=O) groups excluding carboxylic acids is 2. The Balaban J connectivity index is 2.09. The number of aryl methyl sites for hydroxylation is 1. The molecule has 4 aromatic rings. The van der Waals surface area contributed by atoms with Gasteiger partial charge in [-0.1, -0.05) is 48.0 Å². The summed E-state index contributed by atoms with van der Waals surface area (Å²) in [6.45, 7) is 3.51. The third-order valence-corrected chi connectivity index (χ3v) is 7.08. The van der Waals surface area contributed by atoms with Crippen LogP contribution in [0, 0.1) is 6.92 Å². The van der Waals surface area contributed by atoms with E-state index in [4.69, 9.17) is 4.74 Å². The minimum atomic E-state index is -4.25. The van der Waals surface area contributed by atoms with Crippen molar-refractivity contribution in [2.24, 2.45) is 0 Å². The molecule has 2 N–H and O–H groups in total. The largest absolute Gasteiger partial charge is 0.507 e. The van der Waals surface area contributed by atoms with Crippen molar-refractivity contribution in [2.75, 3.05) is 6.61 Å². The summed E-state index contributed by atoms with van der Waals surface area (Å²) in [7, 11) is -4.25. The Bertz CT molecular complexity index is 1470. The maximum atomic E-state index is 13.6. The van der Waals surface area contributed by atoms with Gasteiger partial charge < -0.3 is 14.8 Å². The first-order chi connectivity index (χ1) is 15.8. The highest BCUT2D eigenvalue weighted by atomic mass is 32.2. The second kappa shape index (κ2) is 8.55. The number of aromatic amines is 1. The third-order valence-electron chi connectivity index (χ3n) is 5.24. The minimum Gasteiger partial charge on any atom is -0.507 e. The first kappa shape index (κ1) is 22.3. The van der Waals surface area contributed by atoms with Gasteiger partial charge in [-0.25, -0.2) is 13.2 Å². The smallest absolute Gasteiger partial charge is 0.355 e. The number of nitrogens with one attached hydrogen (secondary N) is 1. The molecule has 0 aliphatic heterocycles. The number of ether oxygens (including phenoxy) is 1. The number of phenolic OH excluding ortho intramolecular Hbond substituents is 1. The molecule has 1 aromatic heterocycles. The molecule has 0 spiro atoms. The number of sulfone groups is 1. The molecule has 33 heavy (non-hydrogen) atoms. The van der Waals surface area contributed by atoms with Crippen LogP contribution in [-0.4, -0.2) is 36.9 Å². The van der Waals surface area contributed by atoms with Crippen LogP contribution in [0.3, 0.4) is 0 Å². The molecular formula is C25H21NO6S. The number of phenols is 1. The van der Waals surface area contributed by atoms with Crippen molar-refractivity contribution in [1.82, 2.24) is 4.98 Å². The Kier molecular flexibility index (Phi) is 5.78. The number of hydrogen-bond acceptors (Lipinski definition) is 6. The number of hydrogen-bond donors (Lipinski definition) is 2. The van der Waals surface area contributed by atoms with Crippen LogP contribution in [0.25, 0.3) is 10.9 Å². The van der Waals surface area contributed by atoms with E-state index in [1.54, 1.807) is 49.4 Å². The van der Waals surface area contributed by atoms with Crippen LogP contribution in [-0.2, 0) is 14.6 Å². The zero-order valence-electron chi connectivity index (χ0n) is 18.0. The van der Waals surface area contributed by atoms with Gasteiger partial charge in [0, 0.05) is 16.5 Å². The van der Waals surface area contributed by atoms with Gasteiger partial charge in [0.15, 0.2) is 5.78 Å². The lowest BCUT2D eigenvalue weighted by atomic mass is 10.00. The van der Waals surface area contributed by atoms with Crippen molar-refractivity contribution in [3.63, 3.8) is 0 Å². The Labute approximate surface area is 190 Å². The highest BCUT2D eigenvalue weighted by Gasteiger charge is 2.33.